The molecule has 0 aliphatic heterocycles. The summed E-state index contributed by atoms with van der Waals surface area (Å²) in [5.41, 5.74) is 0.307. The molecule has 2 rings (SSSR count). The summed E-state index contributed by atoms with van der Waals surface area (Å²) in [6.45, 7) is 0. The molecule has 0 radical (unpaired) electrons. The Balaban J connectivity index is 0.000000422. The predicted octanol–water partition coefficient (Wildman–Crippen LogP) is 1.72. The van der Waals surface area contributed by atoms with E-state index in [4.69, 9.17) is 5.11 Å². The zero-order valence-corrected chi connectivity index (χ0v) is 12.3. The average Bonchev–Trinajstić information content (AvgIpc) is 2.55. The molecule has 1 aromatic heterocycles. The molecule has 22 heavy (non-hydrogen) atoms. The predicted molar refractivity (Wildman–Crippen MR) is 80.8 cm³/mol. The van der Waals surface area contributed by atoms with Crippen molar-refractivity contribution < 1.29 is 19.5 Å². The number of amides is 1. The van der Waals surface area contributed by atoms with Gasteiger partial charge in [0.25, 0.3) is 0 Å². The number of nitrogens with zero attached hydrogens (tertiary/aromatic N) is 2. The van der Waals surface area contributed by atoms with E-state index in [9.17, 15) is 14.4 Å². The van der Waals surface area contributed by atoms with Crippen molar-refractivity contribution in [2.45, 2.75) is 0 Å². The Morgan fingerprint density at radius 3 is 2.18 bits per heavy atom. The van der Waals surface area contributed by atoms with E-state index in [1.54, 1.807) is 44.4 Å². The highest BCUT2D eigenvalue weighted by Crippen LogP contribution is 2.12. The molecule has 1 N–H and O–H groups in total. The third-order valence-electron chi connectivity index (χ3n) is 2.50. The highest BCUT2D eigenvalue weighted by atomic mass is 16.4. The van der Waals surface area contributed by atoms with Crippen LogP contribution in [0.4, 0.5) is 0 Å². The Hall–Kier alpha value is -3.02. The van der Waals surface area contributed by atoms with Gasteiger partial charge in [-0.25, -0.2) is 4.79 Å². The number of ketones is 1. The van der Waals surface area contributed by atoms with Crippen molar-refractivity contribution in [3.8, 4) is 0 Å². The first-order valence-corrected chi connectivity index (χ1v) is 6.37. The van der Waals surface area contributed by atoms with Gasteiger partial charge in [0.2, 0.25) is 12.2 Å². The molecule has 0 fully saturated rings. The molecular formula is C16H16N2O4. The SMILES string of the molecule is CN(C)C=O.O=C(O)c1cccnc1C(=O)c1ccccc1. The minimum atomic E-state index is -1.16. The fraction of sp³-hybridized carbons (Fsp3) is 0.125. The van der Waals surface area contributed by atoms with Gasteiger partial charge in [0.15, 0.2) is 0 Å². The van der Waals surface area contributed by atoms with Crippen molar-refractivity contribution in [1.82, 2.24) is 9.88 Å². The lowest BCUT2D eigenvalue weighted by molar-refractivity contribution is -0.115. The van der Waals surface area contributed by atoms with Gasteiger partial charge in [-0.05, 0) is 12.1 Å². The van der Waals surface area contributed by atoms with Gasteiger partial charge >= 0.3 is 5.97 Å². The molecular weight excluding hydrogens is 284 g/mol. The summed E-state index contributed by atoms with van der Waals surface area (Å²) in [5, 5.41) is 8.97. The summed E-state index contributed by atoms with van der Waals surface area (Å²) in [6.07, 6.45) is 2.16. The third-order valence-corrected chi connectivity index (χ3v) is 2.50. The number of hydrogen-bond acceptors (Lipinski definition) is 4. The monoisotopic (exact) mass is 300 g/mol. The van der Waals surface area contributed by atoms with E-state index in [0.29, 0.717) is 5.56 Å². The number of aromatic nitrogens is 1. The first-order valence-electron chi connectivity index (χ1n) is 6.37. The fourth-order valence-electron chi connectivity index (χ4n) is 1.49. The summed E-state index contributed by atoms with van der Waals surface area (Å²) in [4.78, 5) is 37.7. The molecule has 1 aromatic carbocycles. The van der Waals surface area contributed by atoms with Gasteiger partial charge in [-0.15, -0.1) is 0 Å². The summed E-state index contributed by atoms with van der Waals surface area (Å²) in [7, 11) is 3.38. The van der Waals surface area contributed by atoms with Gasteiger partial charge in [-0.3, -0.25) is 14.6 Å². The van der Waals surface area contributed by atoms with E-state index in [1.165, 1.54) is 23.2 Å². The highest BCUT2D eigenvalue weighted by molar-refractivity contribution is 6.12. The number of aromatic carboxylic acids is 1. The van der Waals surface area contributed by atoms with Crippen LogP contribution in [0.3, 0.4) is 0 Å². The van der Waals surface area contributed by atoms with Gasteiger partial charge in [0.1, 0.15) is 5.69 Å². The maximum atomic E-state index is 12.0. The Morgan fingerprint density at radius 2 is 1.68 bits per heavy atom. The van der Waals surface area contributed by atoms with Gasteiger partial charge < -0.3 is 10.0 Å². The van der Waals surface area contributed by atoms with Crippen molar-refractivity contribution in [1.29, 1.82) is 0 Å². The molecule has 6 heteroatoms. The largest absolute Gasteiger partial charge is 0.478 e. The molecule has 0 atom stereocenters. The lowest BCUT2D eigenvalue weighted by atomic mass is 10.0. The van der Waals surface area contributed by atoms with Crippen LogP contribution in [0.5, 0.6) is 0 Å². The van der Waals surface area contributed by atoms with Crippen LogP contribution in [-0.2, 0) is 4.79 Å². The Bertz CT molecular complexity index is 654. The molecule has 0 saturated carbocycles. The van der Waals surface area contributed by atoms with Crippen LogP contribution in [0.25, 0.3) is 0 Å². The van der Waals surface area contributed by atoms with Crippen LogP contribution >= 0.6 is 0 Å². The van der Waals surface area contributed by atoms with Crippen molar-refractivity contribution in [3.05, 3.63) is 65.5 Å². The summed E-state index contributed by atoms with van der Waals surface area (Å²) >= 11 is 0. The fourth-order valence-corrected chi connectivity index (χ4v) is 1.49. The number of benzene rings is 1. The Labute approximate surface area is 128 Å². The Morgan fingerprint density at radius 1 is 1.09 bits per heavy atom. The quantitative estimate of drug-likeness (QED) is 0.686. The van der Waals surface area contributed by atoms with E-state index < -0.39 is 5.97 Å². The van der Waals surface area contributed by atoms with Crippen molar-refractivity contribution in [2.75, 3.05) is 14.1 Å². The number of carbonyl (C=O) groups is 3. The molecule has 2 aromatic rings. The number of carbonyl (C=O) groups excluding carboxylic acids is 2. The second-order valence-electron chi connectivity index (χ2n) is 4.47. The zero-order chi connectivity index (χ0) is 16.5. The lowest BCUT2D eigenvalue weighted by Crippen LogP contribution is -2.11. The molecule has 0 unspecified atom stereocenters. The molecule has 0 saturated heterocycles. The van der Waals surface area contributed by atoms with Crippen molar-refractivity contribution in [3.63, 3.8) is 0 Å². The Kier molecular flexibility index (Phi) is 6.43. The number of hydrogen-bond donors (Lipinski definition) is 1. The normalized spacial score (nSPS) is 9.18. The number of rotatable bonds is 4. The van der Waals surface area contributed by atoms with Crippen LogP contribution in [0.2, 0.25) is 0 Å². The lowest BCUT2D eigenvalue weighted by Gasteiger charge is -2.03. The minimum absolute atomic E-state index is 0.0359. The average molecular weight is 300 g/mol. The number of carboxylic acid groups (broad SMARTS) is 1. The smallest absolute Gasteiger partial charge is 0.338 e. The zero-order valence-electron chi connectivity index (χ0n) is 12.3. The number of pyridine rings is 1. The van der Waals surface area contributed by atoms with Gasteiger partial charge in [0, 0.05) is 25.9 Å². The topological polar surface area (TPSA) is 87.6 Å². The molecule has 0 aliphatic rings. The number of carboxylic acids is 1. The molecule has 1 heterocycles. The van der Waals surface area contributed by atoms with Crippen molar-refractivity contribution in [2.24, 2.45) is 0 Å². The van der Waals surface area contributed by atoms with E-state index in [2.05, 4.69) is 4.98 Å². The summed E-state index contributed by atoms with van der Waals surface area (Å²) < 4.78 is 0. The molecule has 0 aliphatic carbocycles. The van der Waals surface area contributed by atoms with E-state index >= 15 is 0 Å². The second-order valence-corrected chi connectivity index (χ2v) is 4.47. The van der Waals surface area contributed by atoms with Crippen LogP contribution in [-0.4, -0.2) is 47.2 Å². The van der Waals surface area contributed by atoms with Gasteiger partial charge in [-0.1, -0.05) is 30.3 Å². The van der Waals surface area contributed by atoms with Crippen molar-refractivity contribution >= 4 is 18.2 Å². The van der Waals surface area contributed by atoms with E-state index in [-0.39, 0.29) is 17.0 Å². The van der Waals surface area contributed by atoms with Crippen LogP contribution in [0.15, 0.2) is 48.7 Å². The first-order chi connectivity index (χ1) is 10.5. The van der Waals surface area contributed by atoms with E-state index in [0.717, 1.165) is 6.41 Å². The maximum Gasteiger partial charge on any atom is 0.338 e. The summed E-state index contributed by atoms with van der Waals surface area (Å²) in [6, 6.07) is 11.3. The molecule has 0 spiro atoms. The van der Waals surface area contributed by atoms with Crippen LogP contribution in [0.1, 0.15) is 26.4 Å². The molecule has 0 bridgehead atoms. The van der Waals surface area contributed by atoms with E-state index in [1.807, 2.05) is 0 Å². The first kappa shape index (κ1) is 17.0. The third kappa shape index (κ3) is 4.82. The molecule has 6 nitrogen and oxygen atoms in total. The van der Waals surface area contributed by atoms with Gasteiger partial charge in [0.05, 0.1) is 5.56 Å². The maximum absolute atomic E-state index is 12.0. The molecule has 114 valence electrons. The standard InChI is InChI=1S/C13H9NO3.C3H7NO/c15-12(9-5-2-1-3-6-9)11-10(13(16)17)7-4-8-14-11;1-4(2)3-5/h1-8H,(H,16,17);3H,1-2H3. The highest BCUT2D eigenvalue weighted by Gasteiger charge is 2.18. The second kappa shape index (κ2) is 8.31. The van der Waals surface area contributed by atoms with Crippen LogP contribution < -0.4 is 0 Å². The molecule has 1 amide bonds. The summed E-state index contributed by atoms with van der Waals surface area (Å²) in [5.74, 6) is -1.54. The minimum Gasteiger partial charge on any atom is -0.478 e. The van der Waals surface area contributed by atoms with Crippen LogP contribution in [0, 0.1) is 0 Å². The van der Waals surface area contributed by atoms with Gasteiger partial charge in [-0.2, -0.15) is 0 Å².